The summed E-state index contributed by atoms with van der Waals surface area (Å²) in [4.78, 5) is 37.3. The van der Waals surface area contributed by atoms with Crippen LogP contribution in [-0.4, -0.2) is 90.0 Å². The van der Waals surface area contributed by atoms with Crippen LogP contribution in [-0.2, 0) is 9.53 Å². The van der Waals surface area contributed by atoms with Gasteiger partial charge in [-0.2, -0.15) is 0 Å². The van der Waals surface area contributed by atoms with E-state index in [1.54, 1.807) is 4.90 Å². The maximum atomic E-state index is 14.6. The third kappa shape index (κ3) is 5.67. The molecule has 0 aliphatic carbocycles. The molecule has 3 fully saturated rings. The number of amides is 2. The second-order valence-electron chi connectivity index (χ2n) is 11.1. The topological polar surface area (TPSA) is 66.0 Å². The third-order valence-corrected chi connectivity index (χ3v) is 8.61. The molecule has 0 bridgehead atoms. The van der Waals surface area contributed by atoms with Gasteiger partial charge in [-0.25, -0.2) is 18.2 Å². The summed E-state index contributed by atoms with van der Waals surface area (Å²) in [5.41, 5.74) is 0.119. The zero-order valence-electron chi connectivity index (χ0n) is 22.8. The molecule has 6 rings (SSSR count). The average Bonchev–Trinajstić information content (AvgIpc) is 3.00. The number of hydrogen-bond acceptors (Lipinski definition) is 5. The number of halogens is 3. The van der Waals surface area contributed by atoms with Crippen LogP contribution in [0.4, 0.5) is 13.2 Å². The fourth-order valence-corrected chi connectivity index (χ4v) is 6.43. The Kier molecular flexibility index (Phi) is 7.94. The molecular weight excluding hydrogens is 533 g/mol. The summed E-state index contributed by atoms with van der Waals surface area (Å²) in [6.45, 7) is 5.10. The van der Waals surface area contributed by atoms with Crippen LogP contribution in [0.1, 0.15) is 36.0 Å². The lowest BCUT2D eigenvalue weighted by Gasteiger charge is -2.43. The second kappa shape index (κ2) is 11.8. The Labute approximate surface area is 236 Å². The van der Waals surface area contributed by atoms with Gasteiger partial charge in [-0.1, -0.05) is 6.07 Å². The Hall–Kier alpha value is -3.50. The molecule has 7 nitrogen and oxygen atoms in total. The number of rotatable bonds is 4. The summed E-state index contributed by atoms with van der Waals surface area (Å²) in [5.74, 6) is -2.22. The van der Waals surface area contributed by atoms with E-state index in [1.807, 2.05) is 4.90 Å². The molecule has 41 heavy (non-hydrogen) atoms. The van der Waals surface area contributed by atoms with Gasteiger partial charge in [-0.05, 0) is 68.6 Å². The highest BCUT2D eigenvalue weighted by molar-refractivity contribution is 6.07. The van der Waals surface area contributed by atoms with Crippen LogP contribution in [0.5, 0.6) is 0 Å². The van der Waals surface area contributed by atoms with Gasteiger partial charge in [0.05, 0.1) is 41.5 Å². The number of morpholine rings is 1. The van der Waals surface area contributed by atoms with E-state index in [4.69, 9.17) is 4.74 Å². The SMILES string of the molecule is O=C(c1cc(-c2c(F)cccc2F)nc2ccc(F)cc12)N1CCC(N2CCC[C@@H](C(=O)N3CCOCC3)C2)CC1. The normalized spacial score (nSPS) is 20.9. The zero-order valence-corrected chi connectivity index (χ0v) is 22.8. The number of carbonyl (C=O) groups excluding carboxylic acids is 2. The van der Waals surface area contributed by atoms with Crippen molar-refractivity contribution in [1.82, 2.24) is 19.7 Å². The summed E-state index contributed by atoms with van der Waals surface area (Å²) in [6.07, 6.45) is 3.34. The minimum atomic E-state index is -0.787. The van der Waals surface area contributed by atoms with Gasteiger partial charge in [0.1, 0.15) is 17.5 Å². The molecular formula is C31H33F3N4O3. The minimum Gasteiger partial charge on any atom is -0.378 e. The van der Waals surface area contributed by atoms with Gasteiger partial charge >= 0.3 is 0 Å². The molecule has 0 saturated carbocycles. The third-order valence-electron chi connectivity index (χ3n) is 8.61. The van der Waals surface area contributed by atoms with Gasteiger partial charge in [0.25, 0.3) is 5.91 Å². The monoisotopic (exact) mass is 566 g/mol. The smallest absolute Gasteiger partial charge is 0.254 e. The molecule has 1 aromatic heterocycles. The van der Waals surface area contributed by atoms with E-state index >= 15 is 0 Å². The number of hydrogen-bond donors (Lipinski definition) is 0. The van der Waals surface area contributed by atoms with Gasteiger partial charge in [-0.3, -0.25) is 14.5 Å². The second-order valence-corrected chi connectivity index (χ2v) is 11.1. The Morgan fingerprint density at radius 3 is 2.32 bits per heavy atom. The van der Waals surface area contributed by atoms with Crippen molar-refractivity contribution in [2.45, 2.75) is 31.7 Å². The van der Waals surface area contributed by atoms with E-state index in [9.17, 15) is 22.8 Å². The Morgan fingerprint density at radius 1 is 0.854 bits per heavy atom. The molecule has 0 radical (unpaired) electrons. The minimum absolute atomic E-state index is 0.0118. The number of likely N-dealkylation sites (tertiary alicyclic amines) is 2. The summed E-state index contributed by atoms with van der Waals surface area (Å²) < 4.78 is 48.9. The van der Waals surface area contributed by atoms with E-state index < -0.39 is 17.5 Å². The fourth-order valence-electron chi connectivity index (χ4n) is 6.43. The maximum Gasteiger partial charge on any atom is 0.254 e. The van der Waals surface area contributed by atoms with Crippen molar-refractivity contribution >= 4 is 22.7 Å². The predicted molar refractivity (Wildman–Crippen MR) is 148 cm³/mol. The number of nitrogens with zero attached hydrogens (tertiary/aromatic N) is 4. The van der Waals surface area contributed by atoms with Crippen molar-refractivity contribution in [2.75, 3.05) is 52.5 Å². The lowest BCUT2D eigenvalue weighted by molar-refractivity contribution is -0.141. The molecule has 3 saturated heterocycles. The van der Waals surface area contributed by atoms with Crippen molar-refractivity contribution in [2.24, 2.45) is 5.92 Å². The average molecular weight is 567 g/mol. The first-order chi connectivity index (χ1) is 19.9. The predicted octanol–water partition coefficient (Wildman–Crippen LogP) is 4.49. The molecule has 0 spiro atoms. The maximum absolute atomic E-state index is 14.6. The van der Waals surface area contributed by atoms with Crippen LogP contribution in [0, 0.1) is 23.4 Å². The first-order valence-corrected chi connectivity index (χ1v) is 14.3. The first-order valence-electron chi connectivity index (χ1n) is 14.3. The van der Waals surface area contributed by atoms with Crippen molar-refractivity contribution < 1.29 is 27.5 Å². The largest absolute Gasteiger partial charge is 0.378 e. The standard InChI is InChI=1S/C31H33F3N4O3/c32-21-6-7-27-23(17-21)24(18-28(35-27)29-25(33)4-1-5-26(29)34)31(40)36-11-8-22(9-12-36)38-10-2-3-20(19-38)30(39)37-13-15-41-16-14-37/h1,4-7,17-18,20,22H,2-3,8-16,19H2/t20-/m1/s1. The molecule has 3 aromatic rings. The van der Waals surface area contributed by atoms with Gasteiger partial charge in [0, 0.05) is 44.2 Å². The molecule has 4 heterocycles. The number of piperidine rings is 2. The Morgan fingerprint density at radius 2 is 1.59 bits per heavy atom. The van der Waals surface area contributed by atoms with Crippen LogP contribution in [0.2, 0.25) is 0 Å². The van der Waals surface area contributed by atoms with Gasteiger partial charge in [-0.15, -0.1) is 0 Å². The van der Waals surface area contributed by atoms with Crippen LogP contribution in [0.25, 0.3) is 22.2 Å². The fraction of sp³-hybridized carbons (Fsp3) is 0.452. The molecule has 0 unspecified atom stereocenters. The van der Waals surface area contributed by atoms with Crippen LogP contribution < -0.4 is 0 Å². The number of benzene rings is 2. The molecule has 3 aliphatic rings. The van der Waals surface area contributed by atoms with E-state index in [2.05, 4.69) is 9.88 Å². The summed E-state index contributed by atoms with van der Waals surface area (Å²) >= 11 is 0. The van der Waals surface area contributed by atoms with Gasteiger partial charge in [0.2, 0.25) is 5.91 Å². The lowest BCUT2D eigenvalue weighted by Crippen LogP contribution is -2.53. The molecule has 216 valence electrons. The number of ether oxygens (including phenoxy) is 1. The highest BCUT2D eigenvalue weighted by Gasteiger charge is 2.35. The molecule has 0 N–H and O–H groups in total. The van der Waals surface area contributed by atoms with E-state index in [-0.39, 0.29) is 46.1 Å². The number of aromatic nitrogens is 1. The number of carbonyl (C=O) groups is 2. The quantitative estimate of drug-likeness (QED) is 0.466. The number of fused-ring (bicyclic) bond motifs is 1. The molecule has 2 aromatic carbocycles. The Bertz CT molecular complexity index is 1430. The van der Waals surface area contributed by atoms with Crippen LogP contribution in [0.15, 0.2) is 42.5 Å². The summed E-state index contributed by atoms with van der Waals surface area (Å²) in [7, 11) is 0. The molecule has 2 amide bonds. The molecule has 3 aliphatic heterocycles. The molecule has 10 heteroatoms. The number of pyridine rings is 1. The highest BCUT2D eigenvalue weighted by Crippen LogP contribution is 2.31. The van der Waals surface area contributed by atoms with Gasteiger partial charge in [0.15, 0.2) is 0 Å². The van der Waals surface area contributed by atoms with Crippen LogP contribution >= 0.6 is 0 Å². The van der Waals surface area contributed by atoms with Crippen molar-refractivity contribution in [3.63, 3.8) is 0 Å². The van der Waals surface area contributed by atoms with E-state index in [0.29, 0.717) is 44.8 Å². The first kappa shape index (κ1) is 27.7. The van der Waals surface area contributed by atoms with Crippen molar-refractivity contribution in [1.29, 1.82) is 0 Å². The van der Waals surface area contributed by atoms with Gasteiger partial charge < -0.3 is 14.5 Å². The summed E-state index contributed by atoms with van der Waals surface area (Å²) in [5, 5.41) is 0.304. The Balaban J connectivity index is 1.18. The van der Waals surface area contributed by atoms with E-state index in [1.165, 1.54) is 30.3 Å². The van der Waals surface area contributed by atoms with Crippen molar-refractivity contribution in [3.8, 4) is 11.3 Å². The van der Waals surface area contributed by atoms with Crippen molar-refractivity contribution in [3.05, 3.63) is 65.5 Å². The lowest BCUT2D eigenvalue weighted by atomic mass is 9.92. The summed E-state index contributed by atoms with van der Waals surface area (Å²) in [6, 6.07) is 9.04. The molecule has 1 atom stereocenters. The van der Waals surface area contributed by atoms with Crippen LogP contribution in [0.3, 0.4) is 0 Å². The zero-order chi connectivity index (χ0) is 28.5. The van der Waals surface area contributed by atoms with E-state index in [0.717, 1.165) is 50.9 Å². The highest BCUT2D eigenvalue weighted by atomic mass is 19.1.